The van der Waals surface area contributed by atoms with Gasteiger partial charge < -0.3 is 10.1 Å². The third-order valence-corrected chi connectivity index (χ3v) is 5.06. The molecule has 12 heteroatoms. The summed E-state index contributed by atoms with van der Waals surface area (Å²) in [5.41, 5.74) is 2.43. The lowest BCUT2D eigenvalue weighted by Gasteiger charge is -2.09. The number of aromatic amines is 1. The number of esters is 1. The van der Waals surface area contributed by atoms with Crippen molar-refractivity contribution in [2.24, 2.45) is 0 Å². The van der Waals surface area contributed by atoms with Gasteiger partial charge in [0.25, 0.3) is 11.6 Å². The lowest BCUT2D eigenvalue weighted by Crippen LogP contribution is -2.23. The Hall–Kier alpha value is -4.19. The van der Waals surface area contributed by atoms with E-state index in [2.05, 4.69) is 29.0 Å². The number of non-ortho nitro benzene ring substituents is 1. The molecule has 4 aromatic rings. The van der Waals surface area contributed by atoms with Crippen molar-refractivity contribution in [3.05, 3.63) is 69.4 Å². The summed E-state index contributed by atoms with van der Waals surface area (Å²) in [6.07, 6.45) is 0. The number of nitro groups is 1. The minimum absolute atomic E-state index is 0.108. The average Bonchev–Trinajstić information content (AvgIpc) is 3.46. The lowest BCUT2D eigenvalue weighted by atomic mass is 10.0. The number of rotatable bonds is 6. The Labute approximate surface area is 178 Å². The molecule has 0 aliphatic carbocycles. The fraction of sp³-hybridized carbons (Fsp3) is 0.105. The van der Waals surface area contributed by atoms with Gasteiger partial charge in [-0.2, -0.15) is 13.8 Å². The Morgan fingerprint density at radius 3 is 2.81 bits per heavy atom. The second kappa shape index (κ2) is 8.28. The number of fused-ring (bicyclic) bond motifs is 1. The van der Waals surface area contributed by atoms with Crippen LogP contribution in [0.5, 0.6) is 0 Å². The Morgan fingerprint density at radius 2 is 2.03 bits per heavy atom. The van der Waals surface area contributed by atoms with Gasteiger partial charge in [-0.1, -0.05) is 24.3 Å². The van der Waals surface area contributed by atoms with Gasteiger partial charge in [0, 0.05) is 23.7 Å². The van der Waals surface area contributed by atoms with Crippen molar-refractivity contribution in [3.63, 3.8) is 0 Å². The predicted octanol–water partition coefficient (Wildman–Crippen LogP) is 2.71. The highest BCUT2D eigenvalue weighted by Gasteiger charge is 2.20. The number of benzene rings is 2. The van der Waals surface area contributed by atoms with Gasteiger partial charge in [0.1, 0.15) is 11.2 Å². The number of nitro benzene ring substituents is 1. The summed E-state index contributed by atoms with van der Waals surface area (Å²) < 4.78 is 12.6. The Morgan fingerprint density at radius 1 is 1.23 bits per heavy atom. The van der Waals surface area contributed by atoms with Crippen LogP contribution < -0.4 is 5.32 Å². The number of nitrogens with one attached hydrogen (secondary N) is 2. The highest BCUT2D eigenvalue weighted by atomic mass is 32.1. The monoisotopic (exact) mass is 438 g/mol. The zero-order chi connectivity index (χ0) is 22.0. The van der Waals surface area contributed by atoms with Crippen LogP contribution in [-0.4, -0.2) is 42.9 Å². The Bertz CT molecular complexity index is 1310. The van der Waals surface area contributed by atoms with Crippen molar-refractivity contribution in [1.82, 2.24) is 24.3 Å². The van der Waals surface area contributed by atoms with E-state index in [0.717, 1.165) is 17.3 Å². The van der Waals surface area contributed by atoms with E-state index in [1.165, 1.54) is 19.2 Å². The number of ether oxygens (including phenoxy) is 1. The second-order valence-corrected chi connectivity index (χ2v) is 6.91. The van der Waals surface area contributed by atoms with Gasteiger partial charge in [0.15, 0.2) is 5.52 Å². The lowest BCUT2D eigenvalue weighted by molar-refractivity contribution is -0.383. The SMILES string of the molecule is COC(=O)c1cc(-c2ccccc2CNC(=O)c2cc([N+](=O)[O-])c3nsnc3c2)n[nH]1. The molecule has 0 unspecified atom stereocenters. The maximum absolute atomic E-state index is 12.7. The van der Waals surface area contributed by atoms with Crippen LogP contribution in [0, 0.1) is 10.1 Å². The first-order valence-electron chi connectivity index (χ1n) is 8.89. The number of hydrogen-bond donors (Lipinski definition) is 2. The van der Waals surface area contributed by atoms with E-state index in [4.69, 9.17) is 0 Å². The second-order valence-electron chi connectivity index (χ2n) is 6.38. The molecule has 0 bridgehead atoms. The number of nitrogens with zero attached hydrogens (tertiary/aromatic N) is 4. The van der Waals surface area contributed by atoms with Crippen LogP contribution in [-0.2, 0) is 11.3 Å². The minimum atomic E-state index is -0.591. The number of hydrogen-bond acceptors (Lipinski definition) is 9. The third kappa shape index (κ3) is 3.96. The molecule has 2 aromatic carbocycles. The molecule has 2 aromatic heterocycles. The van der Waals surface area contributed by atoms with Crippen LogP contribution in [0.25, 0.3) is 22.3 Å². The van der Waals surface area contributed by atoms with Crippen LogP contribution in [0.15, 0.2) is 42.5 Å². The highest BCUT2D eigenvalue weighted by molar-refractivity contribution is 7.00. The van der Waals surface area contributed by atoms with Gasteiger partial charge in [0.05, 0.1) is 29.5 Å². The molecule has 0 spiro atoms. The molecule has 0 saturated heterocycles. The standard InChI is InChI=1S/C19H14N6O5S/c1-30-19(27)15-8-13(21-22-15)12-5-3-2-4-10(12)9-20-18(26)11-6-14-17(24-31-23-14)16(7-11)25(28)29/h2-8H,9H2,1H3,(H,20,26)(H,21,22). The number of carbonyl (C=O) groups excluding carboxylic acids is 2. The highest BCUT2D eigenvalue weighted by Crippen LogP contribution is 2.26. The fourth-order valence-electron chi connectivity index (χ4n) is 3.02. The number of carbonyl (C=O) groups is 2. The molecule has 31 heavy (non-hydrogen) atoms. The van der Waals surface area contributed by atoms with Crippen LogP contribution in [0.2, 0.25) is 0 Å². The summed E-state index contributed by atoms with van der Waals surface area (Å²) >= 11 is 0.841. The quantitative estimate of drug-likeness (QED) is 0.265. The average molecular weight is 438 g/mol. The summed E-state index contributed by atoms with van der Waals surface area (Å²) in [6, 6.07) is 11.4. The first kappa shape index (κ1) is 20.1. The predicted molar refractivity (Wildman–Crippen MR) is 111 cm³/mol. The molecule has 2 N–H and O–H groups in total. The van der Waals surface area contributed by atoms with Crippen LogP contribution in [0.3, 0.4) is 0 Å². The third-order valence-electron chi connectivity index (χ3n) is 4.52. The molecule has 0 aliphatic heterocycles. The molecule has 1 amide bonds. The minimum Gasteiger partial charge on any atom is -0.464 e. The van der Waals surface area contributed by atoms with Gasteiger partial charge in [-0.05, 0) is 17.7 Å². The van der Waals surface area contributed by atoms with Crippen LogP contribution in [0.4, 0.5) is 5.69 Å². The summed E-state index contributed by atoms with van der Waals surface area (Å²) in [5.74, 6) is -1.04. The number of amides is 1. The molecule has 4 rings (SSSR count). The number of methoxy groups -OCH3 is 1. The smallest absolute Gasteiger partial charge is 0.356 e. The van der Waals surface area contributed by atoms with Gasteiger partial charge in [-0.3, -0.25) is 20.0 Å². The van der Waals surface area contributed by atoms with E-state index in [0.29, 0.717) is 11.3 Å². The summed E-state index contributed by atoms with van der Waals surface area (Å²) in [5, 5.41) is 20.8. The van der Waals surface area contributed by atoms with E-state index in [-0.39, 0.29) is 34.5 Å². The van der Waals surface area contributed by atoms with Crippen molar-refractivity contribution in [2.45, 2.75) is 6.54 Å². The fourth-order valence-corrected chi connectivity index (χ4v) is 3.56. The summed E-state index contributed by atoms with van der Waals surface area (Å²) in [6.45, 7) is 0.135. The van der Waals surface area contributed by atoms with E-state index in [1.54, 1.807) is 30.3 Å². The molecule has 11 nitrogen and oxygen atoms in total. The largest absolute Gasteiger partial charge is 0.464 e. The summed E-state index contributed by atoms with van der Waals surface area (Å²) in [4.78, 5) is 35.1. The molecule has 0 atom stereocenters. The van der Waals surface area contributed by atoms with E-state index in [9.17, 15) is 19.7 Å². The maximum Gasteiger partial charge on any atom is 0.356 e. The molecule has 0 fully saturated rings. The first-order valence-corrected chi connectivity index (χ1v) is 9.62. The zero-order valence-corrected chi connectivity index (χ0v) is 16.8. The Balaban J connectivity index is 1.57. The number of aromatic nitrogens is 4. The van der Waals surface area contributed by atoms with Crippen molar-refractivity contribution in [1.29, 1.82) is 0 Å². The van der Waals surface area contributed by atoms with Crippen LogP contribution in [0.1, 0.15) is 26.4 Å². The van der Waals surface area contributed by atoms with Gasteiger partial charge >= 0.3 is 5.97 Å². The van der Waals surface area contributed by atoms with Gasteiger partial charge in [0.2, 0.25) is 0 Å². The first-order chi connectivity index (χ1) is 15.0. The van der Waals surface area contributed by atoms with E-state index >= 15 is 0 Å². The normalized spacial score (nSPS) is 10.7. The van der Waals surface area contributed by atoms with E-state index < -0.39 is 16.8 Å². The molecule has 0 radical (unpaired) electrons. The van der Waals surface area contributed by atoms with Gasteiger partial charge in [-0.25, -0.2) is 4.79 Å². The molecule has 0 aliphatic rings. The molecular weight excluding hydrogens is 424 g/mol. The van der Waals surface area contributed by atoms with Crippen molar-refractivity contribution in [3.8, 4) is 11.3 Å². The van der Waals surface area contributed by atoms with Crippen molar-refractivity contribution >= 4 is 40.3 Å². The van der Waals surface area contributed by atoms with E-state index in [1.807, 2.05) is 0 Å². The van der Waals surface area contributed by atoms with Crippen LogP contribution >= 0.6 is 11.7 Å². The van der Waals surface area contributed by atoms with Gasteiger partial charge in [-0.15, -0.1) is 0 Å². The molecule has 0 saturated carbocycles. The Kier molecular flexibility index (Phi) is 5.37. The molecule has 156 valence electrons. The topological polar surface area (TPSA) is 153 Å². The summed E-state index contributed by atoms with van der Waals surface area (Å²) in [7, 11) is 1.27. The van der Waals surface area contributed by atoms with Crippen molar-refractivity contribution in [2.75, 3.05) is 7.11 Å². The molecular formula is C19H14N6O5S. The maximum atomic E-state index is 12.7. The van der Waals surface area contributed by atoms with Crippen molar-refractivity contribution < 1.29 is 19.2 Å². The number of H-pyrrole nitrogens is 1. The zero-order valence-electron chi connectivity index (χ0n) is 16.0. The molecule has 2 heterocycles.